The molecule has 0 aliphatic rings. The van der Waals surface area contributed by atoms with E-state index in [2.05, 4.69) is 14.8 Å². The lowest BCUT2D eigenvalue weighted by atomic mass is 10.2. The van der Waals surface area contributed by atoms with Gasteiger partial charge in [-0.2, -0.15) is 9.78 Å². The average Bonchev–Trinajstić information content (AvgIpc) is 3.36. The van der Waals surface area contributed by atoms with Crippen LogP contribution in [0.4, 0.5) is 5.69 Å². The van der Waals surface area contributed by atoms with Gasteiger partial charge in [0.2, 0.25) is 5.82 Å². The number of para-hydroxylation sites is 2. The van der Waals surface area contributed by atoms with Gasteiger partial charge in [0.25, 0.3) is 5.56 Å². The first-order valence-electron chi connectivity index (χ1n) is 11.4. The Kier molecular flexibility index (Phi) is 6.40. The van der Waals surface area contributed by atoms with Crippen LogP contribution in [0.3, 0.4) is 0 Å². The van der Waals surface area contributed by atoms with Gasteiger partial charge in [0.15, 0.2) is 17.6 Å². The number of nitrogens with zero attached hydrogens (tertiary/aromatic N) is 4. The molecule has 0 radical (unpaired) electrons. The number of carbonyl (C=O) groups excluding carboxylic acids is 1. The lowest BCUT2D eigenvalue weighted by molar-refractivity contribution is -0.386. The molecule has 0 spiro atoms. The minimum atomic E-state index is -1.05. The molecule has 0 unspecified atom stereocenters. The molecule has 3 aromatic carbocycles. The largest absolute Gasteiger partial charge is 0.472 e. The normalized spacial score (nSPS) is 12.2. The number of nitro benzene ring substituents is 1. The van der Waals surface area contributed by atoms with Crippen LogP contribution in [0.2, 0.25) is 0 Å². The smallest absolute Gasteiger partial charge is 0.346 e. The first-order valence-corrected chi connectivity index (χ1v) is 11.4. The van der Waals surface area contributed by atoms with Crippen molar-refractivity contribution in [2.24, 2.45) is 5.10 Å². The van der Waals surface area contributed by atoms with E-state index in [0.717, 1.165) is 10.1 Å². The van der Waals surface area contributed by atoms with Crippen LogP contribution in [0.25, 0.3) is 33.5 Å². The monoisotopic (exact) mass is 512 g/mol. The number of ether oxygens (including phenoxy) is 2. The Morgan fingerprint density at radius 3 is 2.66 bits per heavy atom. The molecule has 0 amide bonds. The zero-order valence-corrected chi connectivity index (χ0v) is 20.2. The number of benzene rings is 3. The van der Waals surface area contributed by atoms with E-state index in [4.69, 9.17) is 9.15 Å². The van der Waals surface area contributed by atoms with Crippen LogP contribution in [0, 0.1) is 10.1 Å². The van der Waals surface area contributed by atoms with Gasteiger partial charge in [-0.3, -0.25) is 14.9 Å². The molecule has 11 nitrogen and oxygen atoms in total. The molecule has 0 aliphatic carbocycles. The topological polar surface area (TPSA) is 139 Å². The maximum atomic E-state index is 13.4. The van der Waals surface area contributed by atoms with Crippen LogP contribution in [0.5, 0.6) is 5.75 Å². The number of fused-ring (bicyclic) bond motifs is 2. The number of hydrogen-bond acceptors (Lipinski definition) is 9. The van der Waals surface area contributed by atoms with Crippen molar-refractivity contribution < 1.29 is 23.6 Å². The summed E-state index contributed by atoms with van der Waals surface area (Å²) in [4.78, 5) is 40.7. The molecule has 0 fully saturated rings. The molecule has 0 N–H and O–H groups in total. The summed E-state index contributed by atoms with van der Waals surface area (Å²) in [6.45, 7) is 1.42. The first kappa shape index (κ1) is 24.4. The number of hydrogen-bond donors (Lipinski definition) is 0. The van der Waals surface area contributed by atoms with Crippen molar-refractivity contribution in [1.82, 2.24) is 9.66 Å². The lowest BCUT2D eigenvalue weighted by Crippen LogP contribution is -2.25. The number of aromatic nitrogens is 2. The van der Waals surface area contributed by atoms with Gasteiger partial charge in [-0.15, -0.1) is 0 Å². The Morgan fingerprint density at radius 2 is 1.89 bits per heavy atom. The number of esters is 1. The highest BCUT2D eigenvalue weighted by atomic mass is 16.6. The maximum Gasteiger partial charge on any atom is 0.346 e. The summed E-state index contributed by atoms with van der Waals surface area (Å²) in [6, 6.07) is 20.1. The second kappa shape index (κ2) is 9.97. The third-order valence-corrected chi connectivity index (χ3v) is 5.74. The SMILES string of the molecule is COC(=O)[C@H](C)Oc1ccc(C=Nn2c(-c3cc4ccccc4o3)nc3ccccc3c2=O)cc1[N+](=O)[O-]. The molecule has 2 aromatic heterocycles. The molecule has 5 aromatic rings. The number of rotatable bonds is 7. The van der Waals surface area contributed by atoms with E-state index in [0.29, 0.717) is 27.8 Å². The fourth-order valence-corrected chi connectivity index (χ4v) is 3.87. The highest BCUT2D eigenvalue weighted by molar-refractivity contribution is 5.85. The summed E-state index contributed by atoms with van der Waals surface area (Å²) in [7, 11) is 1.19. The molecule has 0 aliphatic heterocycles. The summed E-state index contributed by atoms with van der Waals surface area (Å²) in [5.41, 5.74) is 0.573. The van der Waals surface area contributed by atoms with Crippen molar-refractivity contribution in [3.63, 3.8) is 0 Å². The molecule has 5 rings (SSSR count). The summed E-state index contributed by atoms with van der Waals surface area (Å²) in [5.74, 6) is -0.288. The molecular formula is C27H20N4O7. The van der Waals surface area contributed by atoms with E-state index in [1.165, 1.54) is 38.4 Å². The summed E-state index contributed by atoms with van der Waals surface area (Å²) >= 11 is 0. The highest BCUT2D eigenvalue weighted by Crippen LogP contribution is 2.29. The van der Waals surface area contributed by atoms with Gasteiger partial charge < -0.3 is 13.9 Å². The Hall–Kier alpha value is -5.32. The molecule has 2 heterocycles. The van der Waals surface area contributed by atoms with Crippen LogP contribution in [-0.2, 0) is 9.53 Å². The second-order valence-electron chi connectivity index (χ2n) is 8.23. The fraction of sp³-hybridized carbons (Fsp3) is 0.111. The number of carbonyl (C=O) groups is 1. The van der Waals surface area contributed by atoms with E-state index >= 15 is 0 Å². The zero-order chi connectivity index (χ0) is 26.8. The van der Waals surface area contributed by atoms with Crippen molar-refractivity contribution in [1.29, 1.82) is 0 Å². The lowest BCUT2D eigenvalue weighted by Gasteiger charge is -2.12. The molecule has 38 heavy (non-hydrogen) atoms. The van der Waals surface area contributed by atoms with Gasteiger partial charge in [0, 0.05) is 17.0 Å². The second-order valence-corrected chi connectivity index (χ2v) is 8.23. The number of furan rings is 1. The van der Waals surface area contributed by atoms with Crippen molar-refractivity contribution in [3.05, 3.63) is 98.8 Å². The van der Waals surface area contributed by atoms with E-state index in [1.54, 1.807) is 36.4 Å². The van der Waals surface area contributed by atoms with Crippen molar-refractivity contribution in [2.75, 3.05) is 7.11 Å². The van der Waals surface area contributed by atoms with Gasteiger partial charge in [-0.1, -0.05) is 30.3 Å². The van der Waals surface area contributed by atoms with Crippen molar-refractivity contribution in [2.45, 2.75) is 13.0 Å². The number of methoxy groups -OCH3 is 1. The zero-order valence-electron chi connectivity index (χ0n) is 20.2. The Bertz CT molecular complexity index is 1750. The van der Waals surface area contributed by atoms with Crippen molar-refractivity contribution >= 4 is 39.7 Å². The van der Waals surface area contributed by atoms with Gasteiger partial charge in [0.05, 0.1) is 29.2 Å². The molecule has 1 atom stereocenters. The van der Waals surface area contributed by atoms with E-state index in [1.807, 2.05) is 18.2 Å². The fourth-order valence-electron chi connectivity index (χ4n) is 3.87. The van der Waals surface area contributed by atoms with E-state index in [9.17, 15) is 19.7 Å². The first-order chi connectivity index (χ1) is 18.4. The predicted octanol–water partition coefficient (Wildman–Crippen LogP) is 4.54. The van der Waals surface area contributed by atoms with Crippen LogP contribution < -0.4 is 10.3 Å². The van der Waals surface area contributed by atoms with Crippen LogP contribution in [-0.4, -0.2) is 40.0 Å². The van der Waals surface area contributed by atoms with Crippen LogP contribution >= 0.6 is 0 Å². The summed E-state index contributed by atoms with van der Waals surface area (Å²) in [5, 5.41) is 17.2. The predicted molar refractivity (Wildman–Crippen MR) is 139 cm³/mol. The van der Waals surface area contributed by atoms with Gasteiger partial charge >= 0.3 is 11.7 Å². The summed E-state index contributed by atoms with van der Waals surface area (Å²) < 4.78 is 17.1. The Labute approximate surface area is 214 Å². The molecule has 190 valence electrons. The molecule has 0 bridgehead atoms. The molecular weight excluding hydrogens is 492 g/mol. The van der Waals surface area contributed by atoms with Gasteiger partial charge in [-0.25, -0.2) is 9.78 Å². The number of nitro groups is 1. The highest BCUT2D eigenvalue weighted by Gasteiger charge is 2.22. The minimum Gasteiger partial charge on any atom is -0.472 e. The molecule has 11 heteroatoms. The summed E-state index contributed by atoms with van der Waals surface area (Å²) in [6.07, 6.45) is 0.247. The molecule has 0 saturated heterocycles. The van der Waals surface area contributed by atoms with Gasteiger partial charge in [-0.05, 0) is 43.3 Å². The maximum absolute atomic E-state index is 13.4. The Balaban J connectivity index is 1.59. The third kappa shape index (κ3) is 4.60. The standard InChI is InChI=1S/C27H20N4O7/c1-16(27(33)36-2)37-23-12-11-17(13-21(23)31(34)35)15-28-30-25(24-14-18-7-3-6-10-22(18)38-24)29-20-9-5-4-8-19(20)26(30)32/h3-16H,1-2H3/t16-/m0/s1. The third-order valence-electron chi connectivity index (χ3n) is 5.74. The average molecular weight is 512 g/mol. The Morgan fingerprint density at radius 1 is 1.13 bits per heavy atom. The molecule has 0 saturated carbocycles. The quantitative estimate of drug-likeness (QED) is 0.134. The van der Waals surface area contributed by atoms with E-state index in [-0.39, 0.29) is 17.3 Å². The van der Waals surface area contributed by atoms with E-state index < -0.39 is 22.6 Å². The van der Waals surface area contributed by atoms with Crippen molar-refractivity contribution in [3.8, 4) is 17.3 Å². The van der Waals surface area contributed by atoms with Crippen LogP contribution in [0.15, 0.2) is 87.1 Å². The van der Waals surface area contributed by atoms with Crippen LogP contribution in [0.1, 0.15) is 12.5 Å². The minimum absolute atomic E-state index is 0.113. The van der Waals surface area contributed by atoms with Gasteiger partial charge in [0.1, 0.15) is 5.58 Å².